The van der Waals surface area contributed by atoms with Gasteiger partial charge in [-0.3, -0.25) is 4.79 Å². The number of rotatable bonds is 7. The summed E-state index contributed by atoms with van der Waals surface area (Å²) in [5, 5.41) is 7.00. The van der Waals surface area contributed by atoms with Crippen LogP contribution >= 0.6 is 11.8 Å². The average Bonchev–Trinajstić information content (AvgIpc) is 3.17. The SMILES string of the molecule is CC(C)(C)c1noc(CCCC(=O)NCc2ccc(N3CCSCC3)cc2)n1. The average molecular weight is 403 g/mol. The molecule has 0 unspecified atom stereocenters. The highest BCUT2D eigenvalue weighted by Gasteiger charge is 2.20. The van der Waals surface area contributed by atoms with Gasteiger partial charge in [0.05, 0.1) is 0 Å². The van der Waals surface area contributed by atoms with Gasteiger partial charge in [-0.1, -0.05) is 38.1 Å². The number of aryl methyl sites for hydroxylation is 1. The minimum atomic E-state index is -0.123. The number of hydrogen-bond acceptors (Lipinski definition) is 6. The van der Waals surface area contributed by atoms with E-state index in [4.69, 9.17) is 4.52 Å². The van der Waals surface area contributed by atoms with Gasteiger partial charge in [0.2, 0.25) is 11.8 Å². The van der Waals surface area contributed by atoms with Gasteiger partial charge in [-0.25, -0.2) is 0 Å². The smallest absolute Gasteiger partial charge is 0.226 e. The molecule has 1 saturated heterocycles. The first-order chi connectivity index (χ1) is 13.4. The molecule has 2 aromatic rings. The maximum absolute atomic E-state index is 12.1. The monoisotopic (exact) mass is 402 g/mol. The maximum atomic E-state index is 12.1. The predicted molar refractivity (Wildman–Crippen MR) is 114 cm³/mol. The van der Waals surface area contributed by atoms with Crippen molar-refractivity contribution in [3.8, 4) is 0 Å². The Kier molecular flexibility index (Phi) is 6.99. The second-order valence-electron chi connectivity index (χ2n) is 8.16. The van der Waals surface area contributed by atoms with Crippen molar-refractivity contribution in [1.29, 1.82) is 0 Å². The number of amides is 1. The first-order valence-electron chi connectivity index (χ1n) is 9.93. The van der Waals surface area contributed by atoms with Crippen LogP contribution in [0.25, 0.3) is 0 Å². The van der Waals surface area contributed by atoms with E-state index in [9.17, 15) is 4.79 Å². The van der Waals surface area contributed by atoms with E-state index in [-0.39, 0.29) is 11.3 Å². The van der Waals surface area contributed by atoms with Gasteiger partial charge in [-0.05, 0) is 24.1 Å². The summed E-state index contributed by atoms with van der Waals surface area (Å²) in [7, 11) is 0. The van der Waals surface area contributed by atoms with Gasteiger partial charge in [0, 0.05) is 55.1 Å². The lowest BCUT2D eigenvalue weighted by molar-refractivity contribution is -0.121. The van der Waals surface area contributed by atoms with Gasteiger partial charge in [0.25, 0.3) is 0 Å². The molecule has 7 heteroatoms. The third-order valence-corrected chi connectivity index (χ3v) is 5.68. The Morgan fingerprint density at radius 2 is 1.93 bits per heavy atom. The number of anilines is 1. The van der Waals surface area contributed by atoms with Crippen molar-refractivity contribution in [2.24, 2.45) is 0 Å². The van der Waals surface area contributed by atoms with Gasteiger partial charge in [0.1, 0.15) is 0 Å². The van der Waals surface area contributed by atoms with Crippen molar-refractivity contribution in [3.63, 3.8) is 0 Å². The van der Waals surface area contributed by atoms with Gasteiger partial charge in [-0.2, -0.15) is 16.7 Å². The summed E-state index contributed by atoms with van der Waals surface area (Å²) in [6, 6.07) is 8.51. The highest BCUT2D eigenvalue weighted by Crippen LogP contribution is 2.20. The van der Waals surface area contributed by atoms with Crippen molar-refractivity contribution in [2.45, 2.75) is 52.0 Å². The maximum Gasteiger partial charge on any atom is 0.226 e. The van der Waals surface area contributed by atoms with Gasteiger partial charge < -0.3 is 14.7 Å². The molecule has 0 bridgehead atoms. The lowest BCUT2D eigenvalue weighted by Gasteiger charge is -2.28. The Hall–Kier alpha value is -2.02. The van der Waals surface area contributed by atoms with E-state index in [1.807, 2.05) is 32.5 Å². The van der Waals surface area contributed by atoms with E-state index in [2.05, 4.69) is 44.6 Å². The van der Waals surface area contributed by atoms with E-state index in [1.54, 1.807) is 0 Å². The molecule has 1 fully saturated rings. The molecular formula is C21H30N4O2S. The topological polar surface area (TPSA) is 71.3 Å². The van der Waals surface area contributed by atoms with E-state index in [1.165, 1.54) is 17.2 Å². The molecule has 1 aliphatic heterocycles. The van der Waals surface area contributed by atoms with Crippen LogP contribution in [0, 0.1) is 0 Å². The normalized spacial score (nSPS) is 14.9. The first kappa shape index (κ1) is 20.7. The Labute approximate surface area is 171 Å². The molecule has 6 nitrogen and oxygen atoms in total. The second-order valence-corrected chi connectivity index (χ2v) is 9.38. The number of carbonyl (C=O) groups excluding carboxylic acids is 1. The van der Waals surface area contributed by atoms with Crippen LogP contribution in [0.2, 0.25) is 0 Å². The fraction of sp³-hybridized carbons (Fsp3) is 0.571. The zero-order valence-electron chi connectivity index (χ0n) is 17.0. The number of thioether (sulfide) groups is 1. The summed E-state index contributed by atoms with van der Waals surface area (Å²) in [6.07, 6.45) is 1.78. The molecule has 1 N–H and O–H groups in total. The van der Waals surface area contributed by atoms with E-state index >= 15 is 0 Å². The van der Waals surface area contributed by atoms with Crippen LogP contribution in [0.15, 0.2) is 28.8 Å². The van der Waals surface area contributed by atoms with Gasteiger partial charge >= 0.3 is 0 Å². The molecule has 1 aromatic heterocycles. The van der Waals surface area contributed by atoms with Crippen molar-refractivity contribution >= 4 is 23.4 Å². The summed E-state index contributed by atoms with van der Waals surface area (Å²) < 4.78 is 5.27. The van der Waals surface area contributed by atoms with Crippen LogP contribution < -0.4 is 10.2 Å². The fourth-order valence-electron chi connectivity index (χ4n) is 3.00. The van der Waals surface area contributed by atoms with E-state index in [0.29, 0.717) is 37.5 Å². The lowest BCUT2D eigenvalue weighted by Crippen LogP contribution is -2.32. The number of aromatic nitrogens is 2. The summed E-state index contributed by atoms with van der Waals surface area (Å²) in [6.45, 7) is 8.92. The zero-order valence-corrected chi connectivity index (χ0v) is 17.8. The van der Waals surface area contributed by atoms with Crippen LogP contribution in [0.4, 0.5) is 5.69 Å². The third-order valence-electron chi connectivity index (χ3n) is 4.74. The van der Waals surface area contributed by atoms with E-state index < -0.39 is 0 Å². The van der Waals surface area contributed by atoms with Crippen LogP contribution in [0.3, 0.4) is 0 Å². The molecule has 3 rings (SSSR count). The minimum absolute atomic E-state index is 0.0488. The Bertz CT molecular complexity index is 761. The number of hydrogen-bond donors (Lipinski definition) is 1. The summed E-state index contributed by atoms with van der Waals surface area (Å²) in [5.74, 6) is 3.74. The number of nitrogens with zero attached hydrogens (tertiary/aromatic N) is 3. The number of nitrogens with one attached hydrogen (secondary N) is 1. The highest BCUT2D eigenvalue weighted by atomic mass is 32.2. The second kappa shape index (κ2) is 9.45. The van der Waals surface area contributed by atoms with Crippen molar-refractivity contribution in [1.82, 2.24) is 15.5 Å². The number of carbonyl (C=O) groups is 1. The van der Waals surface area contributed by atoms with Crippen molar-refractivity contribution < 1.29 is 9.32 Å². The largest absolute Gasteiger partial charge is 0.370 e. The Morgan fingerprint density at radius 3 is 2.57 bits per heavy atom. The fourth-order valence-corrected chi connectivity index (χ4v) is 3.90. The Balaban J connectivity index is 1.37. The van der Waals surface area contributed by atoms with Crippen molar-refractivity contribution in [2.75, 3.05) is 29.5 Å². The van der Waals surface area contributed by atoms with Gasteiger partial charge in [0.15, 0.2) is 5.82 Å². The van der Waals surface area contributed by atoms with Gasteiger partial charge in [-0.15, -0.1) is 0 Å². The van der Waals surface area contributed by atoms with Crippen molar-refractivity contribution in [3.05, 3.63) is 41.5 Å². The molecular weight excluding hydrogens is 372 g/mol. The highest BCUT2D eigenvalue weighted by molar-refractivity contribution is 7.99. The summed E-state index contributed by atoms with van der Waals surface area (Å²) >= 11 is 2.01. The quantitative estimate of drug-likeness (QED) is 0.764. The molecule has 0 radical (unpaired) electrons. The lowest BCUT2D eigenvalue weighted by atomic mass is 9.96. The molecule has 28 heavy (non-hydrogen) atoms. The van der Waals surface area contributed by atoms with Crippen LogP contribution in [0.5, 0.6) is 0 Å². The molecule has 152 valence electrons. The molecule has 0 saturated carbocycles. The van der Waals surface area contributed by atoms with E-state index in [0.717, 1.165) is 18.7 Å². The summed E-state index contributed by atoms with van der Waals surface area (Å²) in [5.41, 5.74) is 2.27. The van der Waals surface area contributed by atoms with Crippen LogP contribution in [-0.2, 0) is 23.2 Å². The molecule has 0 aliphatic carbocycles. The minimum Gasteiger partial charge on any atom is -0.370 e. The Morgan fingerprint density at radius 1 is 1.21 bits per heavy atom. The standard InChI is InChI=1S/C21H30N4O2S/c1-21(2,3)20-23-19(27-24-20)6-4-5-18(26)22-15-16-7-9-17(10-8-16)25-11-13-28-14-12-25/h7-10H,4-6,11-15H2,1-3H3,(H,22,26). The molecule has 1 aromatic carbocycles. The molecule has 0 atom stereocenters. The zero-order chi connectivity index (χ0) is 20.0. The molecule has 1 amide bonds. The van der Waals surface area contributed by atoms with Crippen LogP contribution in [0.1, 0.15) is 50.9 Å². The third kappa shape index (κ3) is 5.99. The molecule has 0 spiro atoms. The molecule has 1 aliphatic rings. The molecule has 2 heterocycles. The first-order valence-corrected chi connectivity index (χ1v) is 11.1. The predicted octanol–water partition coefficient (Wildman–Crippen LogP) is 3.56. The number of benzene rings is 1. The summed E-state index contributed by atoms with van der Waals surface area (Å²) in [4.78, 5) is 18.9. The van der Waals surface area contributed by atoms with Crippen LogP contribution in [-0.4, -0.2) is 40.6 Å².